The number of allylic oxidation sites excluding steroid dienone is 4. The van der Waals surface area contributed by atoms with Crippen molar-refractivity contribution in [2.75, 3.05) is 0 Å². The number of carbonyl (C=O) groups excluding carboxylic acids is 1. The van der Waals surface area contributed by atoms with Crippen molar-refractivity contribution < 1.29 is 9.90 Å². The van der Waals surface area contributed by atoms with Crippen LogP contribution < -0.4 is 5.73 Å². The standard InChI is InChI=1S/C11H15NO2/c12-10(5-1-2-7-13)8-9-4-3-6-11(9)14/h2,4-5,7,13H,1,3,6,8,12H2/b7-2+,10-5-. The van der Waals surface area contributed by atoms with Gasteiger partial charge >= 0.3 is 0 Å². The molecular weight excluding hydrogens is 178 g/mol. The second kappa shape index (κ2) is 5.27. The Hall–Kier alpha value is -1.51. The molecule has 0 atom stereocenters. The number of aliphatic hydroxyl groups excluding tert-OH is 1. The summed E-state index contributed by atoms with van der Waals surface area (Å²) >= 11 is 0. The van der Waals surface area contributed by atoms with E-state index in [4.69, 9.17) is 10.8 Å². The Morgan fingerprint density at radius 3 is 3.00 bits per heavy atom. The largest absolute Gasteiger partial charge is 0.516 e. The molecule has 0 spiro atoms. The van der Waals surface area contributed by atoms with Gasteiger partial charge in [0, 0.05) is 18.5 Å². The van der Waals surface area contributed by atoms with Crippen LogP contribution in [0.1, 0.15) is 25.7 Å². The van der Waals surface area contributed by atoms with Crippen molar-refractivity contribution in [3.05, 3.63) is 35.8 Å². The fraction of sp³-hybridized carbons (Fsp3) is 0.364. The highest BCUT2D eigenvalue weighted by Gasteiger charge is 2.14. The van der Waals surface area contributed by atoms with Gasteiger partial charge in [-0.1, -0.05) is 12.2 Å². The van der Waals surface area contributed by atoms with E-state index in [0.29, 0.717) is 25.0 Å². The molecule has 1 rings (SSSR count). The Bertz CT molecular complexity index is 300. The first kappa shape index (κ1) is 10.6. The molecule has 0 bridgehead atoms. The van der Waals surface area contributed by atoms with E-state index in [-0.39, 0.29) is 5.78 Å². The highest BCUT2D eigenvalue weighted by atomic mass is 16.2. The van der Waals surface area contributed by atoms with Crippen LogP contribution in [0.2, 0.25) is 0 Å². The number of Topliss-reactive ketones (excluding diaryl/α,β-unsaturated/α-hetero) is 1. The molecule has 0 aromatic carbocycles. The van der Waals surface area contributed by atoms with Gasteiger partial charge in [-0.3, -0.25) is 4.79 Å². The van der Waals surface area contributed by atoms with E-state index in [1.807, 2.05) is 6.08 Å². The Labute approximate surface area is 83.6 Å². The summed E-state index contributed by atoms with van der Waals surface area (Å²) < 4.78 is 0. The molecule has 1 aliphatic carbocycles. The van der Waals surface area contributed by atoms with Crippen molar-refractivity contribution in [3.8, 4) is 0 Å². The van der Waals surface area contributed by atoms with Crippen LogP contribution in [0.15, 0.2) is 35.8 Å². The first-order chi connectivity index (χ1) is 6.74. The summed E-state index contributed by atoms with van der Waals surface area (Å²) in [4.78, 5) is 11.2. The minimum Gasteiger partial charge on any atom is -0.516 e. The van der Waals surface area contributed by atoms with Gasteiger partial charge in [0.1, 0.15) is 0 Å². The molecule has 3 heteroatoms. The summed E-state index contributed by atoms with van der Waals surface area (Å²) in [6.07, 6.45) is 8.95. The van der Waals surface area contributed by atoms with Gasteiger partial charge in [0.25, 0.3) is 0 Å². The summed E-state index contributed by atoms with van der Waals surface area (Å²) in [6, 6.07) is 0. The van der Waals surface area contributed by atoms with Crippen LogP contribution >= 0.6 is 0 Å². The van der Waals surface area contributed by atoms with Crippen LogP contribution in [0, 0.1) is 0 Å². The molecule has 76 valence electrons. The van der Waals surface area contributed by atoms with Crippen LogP contribution in [0.5, 0.6) is 0 Å². The van der Waals surface area contributed by atoms with Crippen LogP contribution in [0.4, 0.5) is 0 Å². The Balaban J connectivity index is 2.43. The molecule has 0 amide bonds. The van der Waals surface area contributed by atoms with E-state index in [2.05, 4.69) is 0 Å². The van der Waals surface area contributed by atoms with E-state index in [0.717, 1.165) is 18.3 Å². The van der Waals surface area contributed by atoms with Crippen LogP contribution in [-0.2, 0) is 4.79 Å². The third kappa shape index (κ3) is 3.09. The van der Waals surface area contributed by atoms with Gasteiger partial charge in [0.05, 0.1) is 6.26 Å². The number of carbonyl (C=O) groups is 1. The van der Waals surface area contributed by atoms with Gasteiger partial charge in [-0.05, 0) is 24.5 Å². The molecule has 3 N–H and O–H groups in total. The molecule has 0 saturated heterocycles. The normalized spacial score (nSPS) is 17.9. The number of hydrogen-bond acceptors (Lipinski definition) is 3. The Morgan fingerprint density at radius 2 is 2.43 bits per heavy atom. The van der Waals surface area contributed by atoms with Crippen molar-refractivity contribution in [3.63, 3.8) is 0 Å². The maximum absolute atomic E-state index is 11.2. The molecular formula is C11H15NO2. The average Bonchev–Trinajstić information content (AvgIpc) is 2.52. The zero-order chi connectivity index (χ0) is 10.4. The molecule has 0 saturated carbocycles. The van der Waals surface area contributed by atoms with E-state index >= 15 is 0 Å². The molecule has 0 aromatic rings. The quantitative estimate of drug-likeness (QED) is 0.671. The Kier molecular flexibility index (Phi) is 3.98. The summed E-state index contributed by atoms with van der Waals surface area (Å²) in [7, 11) is 0. The lowest BCUT2D eigenvalue weighted by atomic mass is 10.1. The molecule has 3 nitrogen and oxygen atoms in total. The molecule has 0 aliphatic heterocycles. The molecule has 0 aromatic heterocycles. The van der Waals surface area contributed by atoms with Gasteiger partial charge in [-0.15, -0.1) is 0 Å². The van der Waals surface area contributed by atoms with Crippen molar-refractivity contribution >= 4 is 5.78 Å². The predicted molar refractivity (Wildman–Crippen MR) is 55.6 cm³/mol. The lowest BCUT2D eigenvalue weighted by Crippen LogP contribution is -2.03. The second-order valence-corrected chi connectivity index (χ2v) is 3.27. The fourth-order valence-electron chi connectivity index (χ4n) is 1.39. The number of nitrogens with two attached hydrogens (primary N) is 1. The second-order valence-electron chi connectivity index (χ2n) is 3.27. The minimum absolute atomic E-state index is 0.207. The summed E-state index contributed by atoms with van der Waals surface area (Å²) in [6.45, 7) is 0. The average molecular weight is 193 g/mol. The zero-order valence-electron chi connectivity index (χ0n) is 8.07. The highest BCUT2D eigenvalue weighted by Crippen LogP contribution is 2.19. The van der Waals surface area contributed by atoms with Crippen molar-refractivity contribution in [1.29, 1.82) is 0 Å². The van der Waals surface area contributed by atoms with Gasteiger partial charge in [0.2, 0.25) is 0 Å². The van der Waals surface area contributed by atoms with Crippen LogP contribution in [0.25, 0.3) is 0 Å². The lowest BCUT2D eigenvalue weighted by molar-refractivity contribution is -0.115. The zero-order valence-corrected chi connectivity index (χ0v) is 8.07. The molecule has 0 fully saturated rings. The summed E-state index contributed by atoms with van der Waals surface area (Å²) in [5, 5.41) is 8.39. The summed E-state index contributed by atoms with van der Waals surface area (Å²) in [5.74, 6) is 0.207. The van der Waals surface area contributed by atoms with Gasteiger partial charge in [-0.2, -0.15) is 0 Å². The van der Waals surface area contributed by atoms with Crippen molar-refractivity contribution in [1.82, 2.24) is 0 Å². The third-order valence-corrected chi connectivity index (χ3v) is 2.14. The van der Waals surface area contributed by atoms with E-state index in [1.165, 1.54) is 0 Å². The van der Waals surface area contributed by atoms with Crippen molar-refractivity contribution in [2.45, 2.75) is 25.7 Å². The Morgan fingerprint density at radius 1 is 1.64 bits per heavy atom. The smallest absolute Gasteiger partial charge is 0.159 e. The predicted octanol–water partition coefficient (Wildman–Crippen LogP) is 1.97. The maximum Gasteiger partial charge on any atom is 0.159 e. The third-order valence-electron chi connectivity index (χ3n) is 2.14. The van der Waals surface area contributed by atoms with Crippen LogP contribution in [0.3, 0.4) is 0 Å². The van der Waals surface area contributed by atoms with Crippen molar-refractivity contribution in [2.24, 2.45) is 5.73 Å². The minimum atomic E-state index is 0.207. The fourth-order valence-corrected chi connectivity index (χ4v) is 1.39. The lowest BCUT2D eigenvalue weighted by Gasteiger charge is -2.00. The van der Waals surface area contributed by atoms with Gasteiger partial charge in [-0.25, -0.2) is 0 Å². The molecule has 1 aliphatic rings. The maximum atomic E-state index is 11.2. The number of aliphatic hydroxyl groups is 1. The van der Waals surface area contributed by atoms with E-state index < -0.39 is 0 Å². The van der Waals surface area contributed by atoms with Gasteiger partial charge in [0.15, 0.2) is 5.78 Å². The molecule has 0 heterocycles. The van der Waals surface area contributed by atoms with Crippen LogP contribution in [-0.4, -0.2) is 10.9 Å². The summed E-state index contributed by atoms with van der Waals surface area (Å²) in [5.41, 5.74) is 7.22. The first-order valence-electron chi connectivity index (χ1n) is 4.70. The topological polar surface area (TPSA) is 63.3 Å². The number of hydrogen-bond donors (Lipinski definition) is 2. The molecule has 14 heavy (non-hydrogen) atoms. The van der Waals surface area contributed by atoms with Gasteiger partial charge < -0.3 is 10.8 Å². The van der Waals surface area contributed by atoms with E-state index in [1.54, 1.807) is 12.2 Å². The SMILES string of the molecule is N/C(=C\C/C=C/O)CC1=CCCC1=O. The number of rotatable bonds is 4. The molecule has 0 radical (unpaired) electrons. The number of ketones is 1. The first-order valence-corrected chi connectivity index (χ1v) is 4.70. The van der Waals surface area contributed by atoms with E-state index in [9.17, 15) is 4.79 Å². The molecule has 0 unspecified atom stereocenters. The monoisotopic (exact) mass is 193 g/mol. The highest BCUT2D eigenvalue weighted by molar-refractivity contribution is 5.97.